The molecule has 0 aromatic heterocycles. The van der Waals surface area contributed by atoms with Crippen molar-refractivity contribution < 1.29 is 13.2 Å². The molecule has 1 aromatic carbocycles. The van der Waals surface area contributed by atoms with E-state index >= 15 is 0 Å². The van der Waals surface area contributed by atoms with Crippen LogP contribution in [0.2, 0.25) is 0 Å². The summed E-state index contributed by atoms with van der Waals surface area (Å²) in [5.41, 5.74) is 0.754. The zero-order chi connectivity index (χ0) is 12.5. The maximum absolute atomic E-state index is 13.0. The number of alkyl halides is 3. The number of halogens is 3. The summed E-state index contributed by atoms with van der Waals surface area (Å²) in [6.45, 7) is 1.71. The highest BCUT2D eigenvalue weighted by Crippen LogP contribution is 2.40. The standard InChI is InChI=1S/C14H17F3/c1-10-7-8-12(11-5-3-2-4-6-11)13(9-10)14(15,16)17/h7-9,11H,2-6H2,1H3. The second-order valence-electron chi connectivity index (χ2n) is 4.92. The first-order chi connectivity index (χ1) is 7.98. The minimum atomic E-state index is -4.22. The van der Waals surface area contributed by atoms with Crippen molar-refractivity contribution in [2.75, 3.05) is 0 Å². The Morgan fingerprint density at radius 3 is 2.29 bits per heavy atom. The molecule has 0 bridgehead atoms. The zero-order valence-corrected chi connectivity index (χ0v) is 9.98. The van der Waals surface area contributed by atoms with Gasteiger partial charge in [0.1, 0.15) is 0 Å². The van der Waals surface area contributed by atoms with E-state index in [4.69, 9.17) is 0 Å². The molecule has 0 unspecified atom stereocenters. The molecule has 0 nitrogen and oxygen atoms in total. The molecule has 1 fully saturated rings. The fourth-order valence-corrected chi connectivity index (χ4v) is 2.69. The summed E-state index contributed by atoms with van der Waals surface area (Å²) in [7, 11) is 0. The molecule has 0 atom stereocenters. The lowest BCUT2D eigenvalue weighted by molar-refractivity contribution is -0.138. The second-order valence-corrected chi connectivity index (χ2v) is 4.92. The van der Waals surface area contributed by atoms with Gasteiger partial charge in [-0.25, -0.2) is 0 Å². The first-order valence-electron chi connectivity index (χ1n) is 6.16. The molecule has 0 amide bonds. The van der Waals surface area contributed by atoms with Crippen LogP contribution in [0.5, 0.6) is 0 Å². The monoisotopic (exact) mass is 242 g/mol. The van der Waals surface area contributed by atoms with Crippen LogP contribution < -0.4 is 0 Å². The normalized spacial score (nSPS) is 18.4. The average Bonchev–Trinajstić information content (AvgIpc) is 2.29. The fourth-order valence-electron chi connectivity index (χ4n) is 2.69. The SMILES string of the molecule is Cc1ccc(C2CCCCC2)c(C(F)(F)F)c1. The van der Waals surface area contributed by atoms with Crippen molar-refractivity contribution in [2.24, 2.45) is 0 Å². The van der Waals surface area contributed by atoms with E-state index in [2.05, 4.69) is 0 Å². The lowest BCUT2D eigenvalue weighted by Crippen LogP contribution is -2.14. The third-order valence-electron chi connectivity index (χ3n) is 3.56. The van der Waals surface area contributed by atoms with Gasteiger partial charge >= 0.3 is 6.18 Å². The van der Waals surface area contributed by atoms with Crippen molar-refractivity contribution >= 4 is 0 Å². The molecular weight excluding hydrogens is 225 g/mol. The van der Waals surface area contributed by atoms with Gasteiger partial charge in [-0.2, -0.15) is 13.2 Å². The Morgan fingerprint density at radius 1 is 1.06 bits per heavy atom. The van der Waals surface area contributed by atoms with Crippen LogP contribution in [-0.2, 0) is 6.18 Å². The van der Waals surface area contributed by atoms with Crippen molar-refractivity contribution in [3.63, 3.8) is 0 Å². The van der Waals surface area contributed by atoms with Gasteiger partial charge in [-0.1, -0.05) is 37.0 Å². The summed E-state index contributed by atoms with van der Waals surface area (Å²) in [6.07, 6.45) is 0.826. The molecule has 3 heteroatoms. The van der Waals surface area contributed by atoms with Gasteiger partial charge in [-0.15, -0.1) is 0 Å². The van der Waals surface area contributed by atoms with Crippen molar-refractivity contribution in [3.05, 3.63) is 34.9 Å². The number of hydrogen-bond acceptors (Lipinski definition) is 0. The third kappa shape index (κ3) is 2.82. The Bertz CT molecular complexity index is 387. The highest BCUT2D eigenvalue weighted by atomic mass is 19.4. The van der Waals surface area contributed by atoms with Crippen LogP contribution in [0.15, 0.2) is 18.2 Å². The third-order valence-corrected chi connectivity index (χ3v) is 3.56. The quantitative estimate of drug-likeness (QED) is 0.645. The molecule has 1 aliphatic carbocycles. The maximum atomic E-state index is 13.0. The van der Waals surface area contributed by atoms with Crippen LogP contribution in [0.4, 0.5) is 13.2 Å². The Kier molecular flexibility index (Phi) is 3.45. The summed E-state index contributed by atoms with van der Waals surface area (Å²) < 4.78 is 39.0. The maximum Gasteiger partial charge on any atom is 0.416 e. The van der Waals surface area contributed by atoms with Crippen LogP contribution in [-0.4, -0.2) is 0 Å². The Hall–Kier alpha value is -0.990. The summed E-state index contributed by atoms with van der Waals surface area (Å²) in [5, 5.41) is 0. The molecule has 0 radical (unpaired) electrons. The zero-order valence-electron chi connectivity index (χ0n) is 9.98. The van der Waals surface area contributed by atoms with Gasteiger partial charge in [-0.05, 0) is 37.3 Å². The first-order valence-corrected chi connectivity index (χ1v) is 6.16. The summed E-state index contributed by atoms with van der Waals surface area (Å²) >= 11 is 0. The van der Waals surface area contributed by atoms with Gasteiger partial charge in [0.15, 0.2) is 0 Å². The van der Waals surface area contributed by atoms with E-state index in [1.165, 1.54) is 6.07 Å². The summed E-state index contributed by atoms with van der Waals surface area (Å²) in [6, 6.07) is 4.75. The van der Waals surface area contributed by atoms with E-state index in [0.717, 1.165) is 32.1 Å². The van der Waals surface area contributed by atoms with Crippen molar-refractivity contribution in [1.29, 1.82) is 0 Å². The van der Waals surface area contributed by atoms with E-state index < -0.39 is 11.7 Å². The van der Waals surface area contributed by atoms with Gasteiger partial charge in [-0.3, -0.25) is 0 Å². The van der Waals surface area contributed by atoms with Gasteiger partial charge < -0.3 is 0 Å². The second kappa shape index (κ2) is 4.71. The molecule has 1 aliphatic rings. The molecule has 0 heterocycles. The highest BCUT2D eigenvalue weighted by molar-refractivity contribution is 5.36. The molecule has 1 aromatic rings. The predicted octanol–water partition coefficient (Wildman–Crippen LogP) is 5.06. The molecule has 0 saturated heterocycles. The molecule has 0 aliphatic heterocycles. The van der Waals surface area contributed by atoms with Crippen LogP contribution in [0.25, 0.3) is 0 Å². The lowest BCUT2D eigenvalue weighted by atomic mass is 9.81. The van der Waals surface area contributed by atoms with E-state index in [9.17, 15) is 13.2 Å². The number of rotatable bonds is 1. The Balaban J connectivity index is 2.38. The summed E-state index contributed by atoms with van der Waals surface area (Å²) in [4.78, 5) is 0. The lowest BCUT2D eigenvalue weighted by Gasteiger charge is -2.25. The average molecular weight is 242 g/mol. The van der Waals surface area contributed by atoms with E-state index in [1.54, 1.807) is 19.1 Å². The molecule has 0 spiro atoms. The number of aryl methyl sites for hydroxylation is 1. The molecule has 17 heavy (non-hydrogen) atoms. The van der Waals surface area contributed by atoms with Crippen LogP contribution in [0.1, 0.15) is 54.7 Å². The fraction of sp³-hybridized carbons (Fsp3) is 0.571. The van der Waals surface area contributed by atoms with Crippen LogP contribution in [0.3, 0.4) is 0 Å². The Labute approximate surface area is 99.8 Å². The van der Waals surface area contributed by atoms with Crippen molar-refractivity contribution in [3.8, 4) is 0 Å². The van der Waals surface area contributed by atoms with Gasteiger partial charge in [0.05, 0.1) is 5.56 Å². The van der Waals surface area contributed by atoms with Crippen LogP contribution in [0, 0.1) is 6.92 Å². The Morgan fingerprint density at radius 2 is 1.71 bits per heavy atom. The molecule has 1 saturated carbocycles. The van der Waals surface area contributed by atoms with E-state index in [-0.39, 0.29) is 5.92 Å². The largest absolute Gasteiger partial charge is 0.416 e. The van der Waals surface area contributed by atoms with E-state index in [1.807, 2.05) is 0 Å². The van der Waals surface area contributed by atoms with E-state index in [0.29, 0.717) is 11.1 Å². The topological polar surface area (TPSA) is 0 Å². The minimum absolute atomic E-state index is 0.0981. The molecule has 94 valence electrons. The molecular formula is C14H17F3. The van der Waals surface area contributed by atoms with Crippen molar-refractivity contribution in [2.45, 2.75) is 51.1 Å². The van der Waals surface area contributed by atoms with Crippen LogP contribution >= 0.6 is 0 Å². The molecule has 0 N–H and O–H groups in total. The van der Waals surface area contributed by atoms with Gasteiger partial charge in [0.2, 0.25) is 0 Å². The molecule has 2 rings (SSSR count). The minimum Gasteiger partial charge on any atom is -0.166 e. The first kappa shape index (κ1) is 12.5. The predicted molar refractivity (Wildman–Crippen MR) is 62.0 cm³/mol. The van der Waals surface area contributed by atoms with Crippen molar-refractivity contribution in [1.82, 2.24) is 0 Å². The summed E-state index contributed by atoms with van der Waals surface area (Å²) in [5.74, 6) is 0.0981. The number of hydrogen-bond donors (Lipinski definition) is 0. The smallest absolute Gasteiger partial charge is 0.166 e. The highest BCUT2D eigenvalue weighted by Gasteiger charge is 2.35. The number of benzene rings is 1. The van der Waals surface area contributed by atoms with Gasteiger partial charge in [0.25, 0.3) is 0 Å². The van der Waals surface area contributed by atoms with Gasteiger partial charge in [0, 0.05) is 0 Å².